The summed E-state index contributed by atoms with van der Waals surface area (Å²) in [5.74, 6) is -0.584. The van der Waals surface area contributed by atoms with Crippen molar-refractivity contribution in [3.8, 4) is 0 Å². The number of rotatable bonds is 13. The fraction of sp³-hybridized carbons (Fsp3) is 0.341. The van der Waals surface area contributed by atoms with E-state index in [9.17, 15) is 29.8 Å². The minimum atomic E-state index is -0.631. The molecule has 12 nitrogen and oxygen atoms in total. The molecule has 0 fully saturated rings. The highest BCUT2D eigenvalue weighted by Gasteiger charge is 2.43. The minimum Gasteiger partial charge on any atom is -0.466 e. The third-order valence-corrected chi connectivity index (χ3v) is 9.82. The van der Waals surface area contributed by atoms with Crippen LogP contribution in [-0.2, 0) is 49.3 Å². The molecule has 0 unspecified atom stereocenters. The molecule has 0 N–H and O–H groups in total. The van der Waals surface area contributed by atoms with E-state index in [0.717, 1.165) is 51.1 Å². The number of non-ortho nitro benzene ring substituents is 2. The Balaban J connectivity index is 1.47. The number of carbonyl (C=O) groups is 2. The Morgan fingerprint density at radius 2 is 1.32 bits per heavy atom. The minimum absolute atomic E-state index is 0.109. The number of hydrogen-bond acceptors (Lipinski definition) is 9. The number of carbonyl (C=O) groups excluding carboxylic acids is 2. The molecule has 0 saturated heterocycles. The summed E-state index contributed by atoms with van der Waals surface area (Å²) in [5.41, 5.74) is 6.40. The molecule has 53 heavy (non-hydrogen) atoms. The number of allylic oxidation sites excluding steroid dienone is 6. The van der Waals surface area contributed by atoms with Crippen molar-refractivity contribution < 1.29 is 33.5 Å². The fourth-order valence-electron chi connectivity index (χ4n) is 7.25. The molecule has 0 saturated carbocycles. The van der Waals surface area contributed by atoms with Gasteiger partial charge in [0.15, 0.2) is 5.71 Å². The lowest BCUT2D eigenvalue weighted by molar-refractivity contribution is -0.401. The van der Waals surface area contributed by atoms with Crippen LogP contribution < -0.4 is 4.90 Å². The van der Waals surface area contributed by atoms with Gasteiger partial charge in [0, 0.05) is 53.2 Å². The van der Waals surface area contributed by atoms with Gasteiger partial charge in [-0.2, -0.15) is 4.58 Å². The summed E-state index contributed by atoms with van der Waals surface area (Å²) in [6.07, 6.45) is 10.2. The Morgan fingerprint density at radius 1 is 0.755 bits per heavy atom. The van der Waals surface area contributed by atoms with Gasteiger partial charge in [-0.1, -0.05) is 50.3 Å². The van der Waals surface area contributed by atoms with Gasteiger partial charge in [-0.05, 0) is 68.2 Å². The highest BCUT2D eigenvalue weighted by Crippen LogP contribution is 2.49. The van der Waals surface area contributed by atoms with Crippen molar-refractivity contribution >= 4 is 40.4 Å². The van der Waals surface area contributed by atoms with Crippen LogP contribution in [0.15, 0.2) is 90.7 Å². The molecule has 0 amide bonds. The smallest absolute Gasteiger partial charge is 0.310 e. The molecule has 2 heterocycles. The van der Waals surface area contributed by atoms with Gasteiger partial charge in [0.05, 0.1) is 47.4 Å². The third-order valence-electron chi connectivity index (χ3n) is 9.82. The lowest BCUT2D eigenvalue weighted by Crippen LogP contribution is -2.26. The Morgan fingerprint density at radius 3 is 1.89 bits per heavy atom. The standard InChI is InChI=1S/C41H45N4O8/c1-8-52-38(46)23-27-15-17-34-32(21-27)40(3,4)36(42(34)7)13-11-10-12-14-37-41(5,6)33-22-28(24-39(47)53-9-2)16-18-35(33)43(37)26-29-19-30(44(48)49)25-31(20-29)45(50)51/h10-22,25H,8-9,23-24,26H2,1-7H3/q+1. The highest BCUT2D eigenvalue weighted by molar-refractivity contribution is 6.03. The molecule has 0 spiro atoms. The van der Waals surface area contributed by atoms with E-state index < -0.39 is 15.3 Å². The number of esters is 2. The lowest BCUT2D eigenvalue weighted by atomic mass is 9.80. The Hall–Kier alpha value is -5.91. The molecule has 3 aromatic carbocycles. The van der Waals surface area contributed by atoms with Crippen molar-refractivity contribution in [1.82, 2.24) is 0 Å². The molecule has 2 aliphatic heterocycles. The van der Waals surface area contributed by atoms with Crippen LogP contribution >= 0.6 is 0 Å². The summed E-state index contributed by atoms with van der Waals surface area (Å²) in [6.45, 7) is 12.7. The average molecular weight is 722 g/mol. The molecule has 0 radical (unpaired) electrons. The second-order valence-corrected chi connectivity index (χ2v) is 14.1. The van der Waals surface area contributed by atoms with Crippen molar-refractivity contribution in [2.24, 2.45) is 0 Å². The molecular formula is C41H45N4O8+. The number of nitro groups is 2. The largest absolute Gasteiger partial charge is 0.466 e. The van der Waals surface area contributed by atoms with E-state index in [2.05, 4.69) is 44.4 Å². The average Bonchev–Trinajstić information content (AvgIpc) is 3.41. The maximum atomic E-state index is 12.3. The van der Waals surface area contributed by atoms with Crippen LogP contribution in [0.3, 0.4) is 0 Å². The monoisotopic (exact) mass is 721 g/mol. The Kier molecular flexibility index (Phi) is 11.1. The molecule has 12 heteroatoms. The van der Waals surface area contributed by atoms with Gasteiger partial charge >= 0.3 is 11.9 Å². The van der Waals surface area contributed by atoms with Crippen molar-refractivity contribution in [3.05, 3.63) is 139 Å². The van der Waals surface area contributed by atoms with Crippen molar-refractivity contribution in [1.29, 1.82) is 0 Å². The van der Waals surface area contributed by atoms with E-state index >= 15 is 0 Å². The zero-order valence-corrected chi connectivity index (χ0v) is 31.2. The highest BCUT2D eigenvalue weighted by atomic mass is 16.6. The molecular weight excluding hydrogens is 676 g/mol. The number of nitro benzene ring substituents is 2. The lowest BCUT2D eigenvalue weighted by Gasteiger charge is -2.27. The van der Waals surface area contributed by atoms with E-state index in [1.165, 1.54) is 12.1 Å². The van der Waals surface area contributed by atoms with Gasteiger partial charge in [-0.15, -0.1) is 0 Å². The molecule has 3 aromatic rings. The summed E-state index contributed by atoms with van der Waals surface area (Å²) in [6, 6.07) is 15.5. The fourth-order valence-corrected chi connectivity index (χ4v) is 7.25. The van der Waals surface area contributed by atoms with E-state index in [4.69, 9.17) is 9.47 Å². The number of benzene rings is 3. The van der Waals surface area contributed by atoms with Crippen LogP contribution in [0.2, 0.25) is 0 Å². The summed E-state index contributed by atoms with van der Waals surface area (Å²) in [7, 11) is 2.02. The summed E-state index contributed by atoms with van der Waals surface area (Å²) in [5, 5.41) is 23.4. The third kappa shape index (κ3) is 7.96. The number of ether oxygens (including phenoxy) is 2. The Bertz CT molecular complexity index is 2080. The zero-order valence-electron chi connectivity index (χ0n) is 31.2. The normalized spacial score (nSPS) is 16.4. The SMILES string of the molecule is CCOC(=O)Cc1ccc2c(c1)C(C)(C)C(/C=C/C=C/C=C1\N(Cc3cc([N+](=O)[O-])cc([N+](=O)[O-])c3)c3ccc(CC(=O)OCC)cc3C1(C)C)=[N+]2C. The quantitative estimate of drug-likeness (QED) is 0.0570. The van der Waals surface area contributed by atoms with Crippen LogP contribution in [0, 0.1) is 20.2 Å². The van der Waals surface area contributed by atoms with Gasteiger partial charge < -0.3 is 14.4 Å². The second kappa shape index (κ2) is 15.4. The van der Waals surface area contributed by atoms with E-state index in [0.29, 0.717) is 12.2 Å². The number of hydrogen-bond donors (Lipinski definition) is 0. The summed E-state index contributed by atoms with van der Waals surface area (Å²) < 4.78 is 12.5. The molecule has 0 aliphatic carbocycles. The summed E-state index contributed by atoms with van der Waals surface area (Å²) >= 11 is 0. The van der Waals surface area contributed by atoms with Crippen LogP contribution in [0.5, 0.6) is 0 Å². The van der Waals surface area contributed by atoms with Crippen LogP contribution in [-0.4, -0.2) is 52.3 Å². The number of fused-ring (bicyclic) bond motifs is 2. The van der Waals surface area contributed by atoms with Crippen molar-refractivity contribution in [3.63, 3.8) is 0 Å². The molecule has 276 valence electrons. The molecule has 5 rings (SSSR count). The van der Waals surface area contributed by atoms with Gasteiger partial charge in [-0.3, -0.25) is 29.8 Å². The topological polar surface area (TPSA) is 145 Å². The first kappa shape index (κ1) is 38.3. The first-order chi connectivity index (χ1) is 25.1. The summed E-state index contributed by atoms with van der Waals surface area (Å²) in [4.78, 5) is 48.6. The van der Waals surface area contributed by atoms with Gasteiger partial charge in [-0.25, -0.2) is 0 Å². The van der Waals surface area contributed by atoms with Crippen molar-refractivity contribution in [2.75, 3.05) is 25.2 Å². The van der Waals surface area contributed by atoms with E-state index in [1.54, 1.807) is 13.8 Å². The molecule has 0 aromatic heterocycles. The van der Waals surface area contributed by atoms with E-state index in [1.807, 2.05) is 66.6 Å². The zero-order chi connectivity index (χ0) is 38.7. The second-order valence-electron chi connectivity index (χ2n) is 14.1. The van der Waals surface area contributed by atoms with Gasteiger partial charge in [0.2, 0.25) is 5.69 Å². The predicted molar refractivity (Wildman–Crippen MR) is 203 cm³/mol. The van der Waals surface area contributed by atoms with Crippen LogP contribution in [0.4, 0.5) is 22.7 Å². The number of anilines is 1. The van der Waals surface area contributed by atoms with Gasteiger partial charge in [0.1, 0.15) is 7.05 Å². The Labute approximate surface area is 309 Å². The maximum absolute atomic E-state index is 12.3. The first-order valence-electron chi connectivity index (χ1n) is 17.5. The molecule has 0 bridgehead atoms. The van der Waals surface area contributed by atoms with Crippen LogP contribution in [0.25, 0.3) is 0 Å². The number of nitrogens with zero attached hydrogens (tertiary/aromatic N) is 4. The first-order valence-corrected chi connectivity index (χ1v) is 17.5. The maximum Gasteiger partial charge on any atom is 0.310 e. The van der Waals surface area contributed by atoms with Crippen molar-refractivity contribution in [2.45, 2.75) is 71.8 Å². The van der Waals surface area contributed by atoms with Gasteiger partial charge in [0.25, 0.3) is 11.4 Å². The predicted octanol–water partition coefficient (Wildman–Crippen LogP) is 7.71. The molecule has 0 atom stereocenters. The van der Waals surface area contributed by atoms with Crippen LogP contribution in [0.1, 0.15) is 69.4 Å². The molecule has 2 aliphatic rings. The van der Waals surface area contributed by atoms with E-state index in [-0.39, 0.29) is 54.7 Å².